The molecule has 2 N–H and O–H groups in total. The van der Waals surface area contributed by atoms with Crippen molar-refractivity contribution in [1.82, 2.24) is 0 Å². The van der Waals surface area contributed by atoms with Gasteiger partial charge >= 0.3 is 0 Å². The van der Waals surface area contributed by atoms with E-state index in [0.717, 1.165) is 4.88 Å². The summed E-state index contributed by atoms with van der Waals surface area (Å²) in [7, 11) is -3.58. The third-order valence-electron chi connectivity index (χ3n) is 2.42. The Kier molecular flexibility index (Phi) is 4.10. The summed E-state index contributed by atoms with van der Waals surface area (Å²) in [5, 5.41) is 2.60. The predicted octanol–water partition coefficient (Wildman–Crippen LogP) is 2.82. The van der Waals surface area contributed by atoms with E-state index in [1.54, 1.807) is 36.4 Å². The van der Waals surface area contributed by atoms with E-state index >= 15 is 0 Å². The van der Waals surface area contributed by atoms with Crippen LogP contribution in [0.5, 0.6) is 0 Å². The van der Waals surface area contributed by atoms with Crippen LogP contribution in [0.1, 0.15) is 11.8 Å². The highest BCUT2D eigenvalue weighted by molar-refractivity contribution is 7.94. The number of hydrogen-bond acceptors (Lipinski definition) is 4. The molecule has 0 fully saturated rings. The smallest absolute Gasteiger partial charge is 0.271 e. The van der Waals surface area contributed by atoms with Gasteiger partial charge in [0, 0.05) is 17.5 Å². The summed E-state index contributed by atoms with van der Waals surface area (Å²) in [6.45, 7) is 3.24. The van der Waals surface area contributed by atoms with Gasteiger partial charge < -0.3 is 5.32 Å². The molecule has 0 saturated heterocycles. The molecule has 0 aliphatic carbocycles. The summed E-state index contributed by atoms with van der Waals surface area (Å²) in [5.41, 5.74) is 0.947. The lowest BCUT2D eigenvalue weighted by molar-refractivity contribution is -0.114. The lowest BCUT2D eigenvalue weighted by atomic mass is 10.3. The van der Waals surface area contributed by atoms with Gasteiger partial charge in [-0.3, -0.25) is 9.52 Å². The first-order valence-corrected chi connectivity index (χ1v) is 8.14. The van der Waals surface area contributed by atoms with Crippen molar-refractivity contribution in [3.8, 4) is 0 Å². The number of anilines is 2. The van der Waals surface area contributed by atoms with Crippen LogP contribution in [0, 0.1) is 6.92 Å². The maximum Gasteiger partial charge on any atom is 0.271 e. The van der Waals surface area contributed by atoms with E-state index in [1.807, 2.05) is 6.92 Å². The Hall–Kier alpha value is -1.86. The minimum atomic E-state index is -3.58. The van der Waals surface area contributed by atoms with Crippen molar-refractivity contribution in [2.24, 2.45) is 0 Å². The second-order valence-corrected chi connectivity index (χ2v) is 7.43. The van der Waals surface area contributed by atoms with Gasteiger partial charge in [0.1, 0.15) is 4.21 Å². The van der Waals surface area contributed by atoms with Gasteiger partial charge in [0.25, 0.3) is 10.0 Å². The van der Waals surface area contributed by atoms with Crippen LogP contribution in [0.15, 0.2) is 40.6 Å². The van der Waals surface area contributed by atoms with E-state index in [0.29, 0.717) is 11.4 Å². The third-order valence-corrected chi connectivity index (χ3v) is 5.29. The van der Waals surface area contributed by atoms with E-state index < -0.39 is 10.0 Å². The summed E-state index contributed by atoms with van der Waals surface area (Å²) in [6, 6.07) is 9.88. The Balaban J connectivity index is 2.23. The highest BCUT2D eigenvalue weighted by atomic mass is 32.2. The van der Waals surface area contributed by atoms with Crippen LogP contribution in [0.2, 0.25) is 0 Å². The van der Waals surface area contributed by atoms with Gasteiger partial charge in [0.15, 0.2) is 0 Å². The van der Waals surface area contributed by atoms with Crippen molar-refractivity contribution in [1.29, 1.82) is 0 Å². The van der Waals surface area contributed by atoms with Gasteiger partial charge in [-0.2, -0.15) is 0 Å². The van der Waals surface area contributed by atoms with Crippen molar-refractivity contribution in [3.05, 3.63) is 41.3 Å². The van der Waals surface area contributed by atoms with E-state index in [4.69, 9.17) is 0 Å². The van der Waals surface area contributed by atoms with Crippen LogP contribution in [-0.4, -0.2) is 14.3 Å². The normalized spacial score (nSPS) is 11.1. The molecule has 2 aromatic rings. The topological polar surface area (TPSA) is 75.3 Å². The zero-order valence-corrected chi connectivity index (χ0v) is 12.6. The van der Waals surface area contributed by atoms with Gasteiger partial charge in [0.2, 0.25) is 5.91 Å². The average Bonchev–Trinajstić information content (AvgIpc) is 2.75. The molecule has 0 radical (unpaired) electrons. The molecule has 0 atom stereocenters. The Bertz CT molecular complexity index is 736. The molecule has 0 aliphatic heterocycles. The second kappa shape index (κ2) is 5.64. The number of nitrogens with one attached hydrogen (secondary N) is 2. The van der Waals surface area contributed by atoms with Crippen molar-refractivity contribution in [2.45, 2.75) is 18.1 Å². The highest BCUT2D eigenvalue weighted by Gasteiger charge is 2.16. The number of amides is 1. The van der Waals surface area contributed by atoms with Crippen LogP contribution in [0.4, 0.5) is 11.4 Å². The van der Waals surface area contributed by atoms with Crippen molar-refractivity contribution in [2.75, 3.05) is 10.0 Å². The van der Waals surface area contributed by atoms with Crippen molar-refractivity contribution >= 4 is 38.6 Å². The molecule has 5 nitrogen and oxygen atoms in total. The number of hydrogen-bond donors (Lipinski definition) is 2. The number of benzene rings is 1. The van der Waals surface area contributed by atoms with Crippen molar-refractivity contribution < 1.29 is 13.2 Å². The second-order valence-electron chi connectivity index (χ2n) is 4.23. The number of sulfonamides is 1. The van der Waals surface area contributed by atoms with Crippen LogP contribution in [0.3, 0.4) is 0 Å². The zero-order chi connectivity index (χ0) is 14.8. The quantitative estimate of drug-likeness (QED) is 0.912. The molecule has 7 heteroatoms. The Morgan fingerprint density at radius 1 is 1.15 bits per heavy atom. The molecule has 0 saturated carbocycles. The SMILES string of the molecule is CC(=O)Nc1cccc(NS(=O)(=O)c2ccc(C)s2)c1. The molecule has 2 rings (SSSR count). The van der Waals surface area contributed by atoms with E-state index in [1.165, 1.54) is 18.3 Å². The standard InChI is InChI=1S/C13H14N2O3S2/c1-9-6-7-13(19-9)20(17,18)15-12-5-3-4-11(8-12)14-10(2)16/h3-8,15H,1-2H3,(H,14,16). The lowest BCUT2D eigenvalue weighted by Gasteiger charge is -2.08. The fraction of sp³-hybridized carbons (Fsp3) is 0.154. The van der Waals surface area contributed by atoms with E-state index in [9.17, 15) is 13.2 Å². The van der Waals surface area contributed by atoms with Crippen molar-refractivity contribution in [3.63, 3.8) is 0 Å². The fourth-order valence-corrected chi connectivity index (χ4v) is 3.96. The maximum atomic E-state index is 12.2. The zero-order valence-electron chi connectivity index (χ0n) is 11.0. The number of rotatable bonds is 4. The Labute approximate surface area is 121 Å². The first kappa shape index (κ1) is 14.5. The van der Waals surface area contributed by atoms with Gasteiger partial charge in [0.05, 0.1) is 5.69 Å². The van der Waals surface area contributed by atoms with Gasteiger partial charge in [-0.1, -0.05) is 6.07 Å². The van der Waals surface area contributed by atoms with Crippen LogP contribution < -0.4 is 10.0 Å². The third kappa shape index (κ3) is 3.58. The molecular weight excluding hydrogens is 296 g/mol. The summed E-state index contributed by atoms with van der Waals surface area (Å²) >= 11 is 1.21. The maximum absolute atomic E-state index is 12.2. The molecular formula is C13H14N2O3S2. The molecule has 0 unspecified atom stereocenters. The number of aryl methyl sites for hydroxylation is 1. The lowest BCUT2D eigenvalue weighted by Crippen LogP contribution is -2.12. The molecule has 20 heavy (non-hydrogen) atoms. The summed E-state index contributed by atoms with van der Waals surface area (Å²) in [5.74, 6) is -0.209. The first-order chi connectivity index (χ1) is 9.37. The molecule has 1 aromatic carbocycles. The predicted molar refractivity (Wildman–Crippen MR) is 80.6 cm³/mol. The molecule has 106 valence electrons. The van der Waals surface area contributed by atoms with Crippen LogP contribution in [-0.2, 0) is 14.8 Å². The summed E-state index contributed by atoms with van der Waals surface area (Å²) in [4.78, 5) is 11.9. The summed E-state index contributed by atoms with van der Waals surface area (Å²) < 4.78 is 27.1. The van der Waals surface area contributed by atoms with Crippen LogP contribution >= 0.6 is 11.3 Å². The molecule has 0 bridgehead atoms. The Morgan fingerprint density at radius 3 is 2.45 bits per heavy atom. The number of thiophene rings is 1. The minimum absolute atomic E-state index is 0.209. The fourth-order valence-electron chi connectivity index (χ4n) is 1.63. The van der Waals surface area contributed by atoms with E-state index in [-0.39, 0.29) is 10.1 Å². The molecule has 0 spiro atoms. The molecule has 1 amide bonds. The molecule has 0 aliphatic rings. The monoisotopic (exact) mass is 310 g/mol. The number of carbonyl (C=O) groups is 1. The highest BCUT2D eigenvalue weighted by Crippen LogP contribution is 2.24. The van der Waals surface area contributed by atoms with Crippen LogP contribution in [0.25, 0.3) is 0 Å². The largest absolute Gasteiger partial charge is 0.326 e. The average molecular weight is 310 g/mol. The van der Waals surface area contributed by atoms with Gasteiger partial charge in [-0.15, -0.1) is 11.3 Å². The van der Waals surface area contributed by atoms with Gasteiger partial charge in [-0.25, -0.2) is 8.42 Å². The van der Waals surface area contributed by atoms with E-state index in [2.05, 4.69) is 10.0 Å². The first-order valence-electron chi connectivity index (χ1n) is 5.84. The molecule has 1 heterocycles. The minimum Gasteiger partial charge on any atom is -0.326 e. The van der Waals surface area contributed by atoms with Gasteiger partial charge in [-0.05, 0) is 37.3 Å². The number of carbonyl (C=O) groups excluding carboxylic acids is 1. The summed E-state index contributed by atoms with van der Waals surface area (Å²) in [6.07, 6.45) is 0. The Morgan fingerprint density at radius 2 is 1.85 bits per heavy atom. The molecule has 1 aromatic heterocycles.